The summed E-state index contributed by atoms with van der Waals surface area (Å²) in [5, 5.41) is 9.51. The summed E-state index contributed by atoms with van der Waals surface area (Å²) in [5.41, 5.74) is -0.199. The third-order valence-corrected chi connectivity index (χ3v) is 1.97. The van der Waals surface area contributed by atoms with Gasteiger partial charge in [-0.3, -0.25) is 0 Å². The molecule has 0 aliphatic carbocycles. The molecule has 0 aromatic carbocycles. The molecular weight excluding hydrogens is 208 g/mol. The topological polar surface area (TPSA) is 59.7 Å². The van der Waals surface area contributed by atoms with Gasteiger partial charge >= 0.3 is 5.97 Å². The van der Waals surface area contributed by atoms with Crippen molar-refractivity contribution in [2.75, 3.05) is 0 Å². The summed E-state index contributed by atoms with van der Waals surface area (Å²) in [7, 11) is 0. The van der Waals surface area contributed by atoms with Crippen LogP contribution in [-0.4, -0.2) is 16.7 Å². The van der Waals surface area contributed by atoms with Gasteiger partial charge in [-0.05, 0) is 33.3 Å². The van der Waals surface area contributed by atoms with Crippen LogP contribution in [0.15, 0.2) is 16.7 Å². The monoisotopic (exact) mass is 226 g/mol. The predicted molar refractivity (Wildman–Crippen MR) is 59.1 cm³/mol. The highest BCUT2D eigenvalue weighted by Gasteiger charge is 2.20. The van der Waals surface area contributed by atoms with Crippen LogP contribution in [0.3, 0.4) is 0 Å². The van der Waals surface area contributed by atoms with Crippen molar-refractivity contribution in [3.8, 4) is 0 Å². The van der Waals surface area contributed by atoms with Crippen molar-refractivity contribution in [1.29, 1.82) is 0 Å². The quantitative estimate of drug-likeness (QED) is 0.805. The fourth-order valence-electron chi connectivity index (χ4n) is 1.17. The van der Waals surface area contributed by atoms with Crippen LogP contribution >= 0.6 is 0 Å². The molecule has 16 heavy (non-hydrogen) atoms. The first kappa shape index (κ1) is 12.8. The highest BCUT2D eigenvalue weighted by atomic mass is 16.6. The lowest BCUT2D eigenvalue weighted by Gasteiger charge is -2.18. The van der Waals surface area contributed by atoms with Crippen molar-refractivity contribution in [3.63, 3.8) is 0 Å². The fraction of sp³-hybridized carbons (Fsp3) is 0.583. The number of carbonyl (C=O) groups is 1. The molecule has 0 saturated carbocycles. The normalized spacial score (nSPS) is 13.6. The van der Waals surface area contributed by atoms with Gasteiger partial charge in [0, 0.05) is 0 Å². The van der Waals surface area contributed by atoms with E-state index in [1.807, 2.05) is 6.92 Å². The largest absolute Gasteiger partial charge is 0.466 e. The number of hydrogen-bond donors (Lipinski definition) is 1. The van der Waals surface area contributed by atoms with E-state index < -0.39 is 17.7 Å². The molecule has 1 aromatic heterocycles. The number of rotatable bonds is 3. The lowest BCUT2D eigenvalue weighted by atomic mass is 10.2. The Bertz CT molecular complexity index is 359. The molecule has 0 fully saturated rings. The van der Waals surface area contributed by atoms with Crippen molar-refractivity contribution in [2.24, 2.45) is 0 Å². The predicted octanol–water partition coefficient (Wildman–Crippen LogP) is 2.68. The van der Waals surface area contributed by atoms with Crippen molar-refractivity contribution in [2.45, 2.75) is 45.8 Å². The van der Waals surface area contributed by atoms with Gasteiger partial charge in [0.05, 0.1) is 5.56 Å². The Balaban J connectivity index is 2.75. The first-order valence-electron chi connectivity index (χ1n) is 5.33. The Morgan fingerprint density at radius 1 is 1.56 bits per heavy atom. The number of carbonyl (C=O) groups excluding carboxylic acids is 1. The Kier molecular flexibility index (Phi) is 3.75. The summed E-state index contributed by atoms with van der Waals surface area (Å²) in [6, 6.07) is 1.52. The summed E-state index contributed by atoms with van der Waals surface area (Å²) < 4.78 is 10.3. The van der Waals surface area contributed by atoms with Crippen LogP contribution in [0.25, 0.3) is 0 Å². The number of furan rings is 1. The second-order valence-corrected chi connectivity index (χ2v) is 4.66. The number of aliphatic hydroxyl groups is 1. The lowest BCUT2D eigenvalue weighted by Crippen LogP contribution is -2.23. The molecule has 0 radical (unpaired) electrons. The molecule has 0 aliphatic rings. The second kappa shape index (κ2) is 4.70. The molecule has 1 aromatic rings. The molecule has 0 spiro atoms. The molecule has 0 saturated heterocycles. The average Bonchev–Trinajstić information content (AvgIpc) is 2.62. The van der Waals surface area contributed by atoms with E-state index >= 15 is 0 Å². The van der Waals surface area contributed by atoms with Crippen LogP contribution in [0, 0.1) is 0 Å². The van der Waals surface area contributed by atoms with Gasteiger partial charge in [-0.25, -0.2) is 4.79 Å². The van der Waals surface area contributed by atoms with E-state index in [1.165, 1.54) is 12.3 Å². The number of aliphatic hydroxyl groups excluding tert-OH is 1. The smallest absolute Gasteiger partial charge is 0.341 e. The molecule has 1 heterocycles. The number of esters is 1. The molecule has 1 N–H and O–H groups in total. The summed E-state index contributed by atoms with van der Waals surface area (Å²) in [4.78, 5) is 11.6. The van der Waals surface area contributed by atoms with Gasteiger partial charge < -0.3 is 14.3 Å². The molecule has 0 unspecified atom stereocenters. The molecule has 4 heteroatoms. The maximum Gasteiger partial charge on any atom is 0.341 e. The SMILES string of the molecule is CC[C@H](O)c1cc(C(=O)OC(C)(C)C)co1. The zero-order valence-corrected chi connectivity index (χ0v) is 10.1. The van der Waals surface area contributed by atoms with Crippen molar-refractivity contribution in [3.05, 3.63) is 23.7 Å². The standard InChI is InChI=1S/C12H18O4/c1-5-9(13)10-6-8(7-15-10)11(14)16-12(2,3)4/h6-7,9,13H,5H2,1-4H3/t9-/m0/s1. The number of hydrogen-bond acceptors (Lipinski definition) is 4. The maximum atomic E-state index is 11.6. The lowest BCUT2D eigenvalue weighted by molar-refractivity contribution is 0.00689. The second-order valence-electron chi connectivity index (χ2n) is 4.66. The van der Waals surface area contributed by atoms with Gasteiger partial charge in [0.25, 0.3) is 0 Å². The summed E-state index contributed by atoms with van der Waals surface area (Å²) in [6.07, 6.45) is 1.18. The molecule has 1 atom stereocenters. The van der Waals surface area contributed by atoms with Crippen molar-refractivity contribution in [1.82, 2.24) is 0 Å². The van der Waals surface area contributed by atoms with Gasteiger partial charge in [-0.2, -0.15) is 0 Å². The van der Waals surface area contributed by atoms with E-state index in [0.29, 0.717) is 17.7 Å². The van der Waals surface area contributed by atoms with E-state index in [-0.39, 0.29) is 0 Å². The molecule has 90 valence electrons. The maximum absolute atomic E-state index is 11.6. The van der Waals surface area contributed by atoms with Crippen LogP contribution in [0.2, 0.25) is 0 Å². The summed E-state index contributed by atoms with van der Waals surface area (Å²) in [6.45, 7) is 7.23. The van der Waals surface area contributed by atoms with Crippen molar-refractivity contribution < 1.29 is 19.1 Å². The Morgan fingerprint density at radius 2 is 2.19 bits per heavy atom. The third kappa shape index (κ3) is 3.38. The van der Waals surface area contributed by atoms with Crippen LogP contribution in [0.1, 0.15) is 56.3 Å². The van der Waals surface area contributed by atoms with Crippen LogP contribution in [0.4, 0.5) is 0 Å². The minimum Gasteiger partial charge on any atom is -0.466 e. The Morgan fingerprint density at radius 3 is 2.69 bits per heavy atom. The molecule has 0 amide bonds. The van der Waals surface area contributed by atoms with Gasteiger partial charge in [-0.15, -0.1) is 0 Å². The van der Waals surface area contributed by atoms with Crippen LogP contribution in [0.5, 0.6) is 0 Å². The Labute approximate surface area is 95.2 Å². The molecule has 0 bridgehead atoms. The van der Waals surface area contributed by atoms with E-state index in [9.17, 15) is 9.90 Å². The van der Waals surface area contributed by atoms with Gasteiger partial charge in [0.1, 0.15) is 23.7 Å². The average molecular weight is 226 g/mol. The van der Waals surface area contributed by atoms with E-state index in [2.05, 4.69) is 0 Å². The summed E-state index contributed by atoms with van der Waals surface area (Å²) >= 11 is 0. The van der Waals surface area contributed by atoms with Crippen LogP contribution in [-0.2, 0) is 4.74 Å². The Hall–Kier alpha value is -1.29. The highest BCUT2D eigenvalue weighted by molar-refractivity contribution is 5.89. The van der Waals surface area contributed by atoms with Gasteiger partial charge in [0.2, 0.25) is 0 Å². The third-order valence-electron chi connectivity index (χ3n) is 1.97. The zero-order chi connectivity index (χ0) is 12.3. The summed E-state index contributed by atoms with van der Waals surface area (Å²) in [5.74, 6) is -0.0471. The molecule has 0 aliphatic heterocycles. The molecule has 4 nitrogen and oxygen atoms in total. The van der Waals surface area contributed by atoms with Gasteiger partial charge in [0.15, 0.2) is 0 Å². The zero-order valence-electron chi connectivity index (χ0n) is 10.1. The molecule has 1 rings (SSSR count). The van der Waals surface area contributed by atoms with Gasteiger partial charge in [-0.1, -0.05) is 6.92 Å². The first-order valence-corrected chi connectivity index (χ1v) is 5.33. The van der Waals surface area contributed by atoms with Crippen LogP contribution < -0.4 is 0 Å². The number of ether oxygens (including phenoxy) is 1. The highest BCUT2D eigenvalue weighted by Crippen LogP contribution is 2.20. The minimum atomic E-state index is -0.670. The first-order chi connectivity index (χ1) is 7.33. The van der Waals surface area contributed by atoms with E-state index in [1.54, 1.807) is 20.8 Å². The minimum absolute atomic E-state index is 0.331. The van der Waals surface area contributed by atoms with E-state index in [4.69, 9.17) is 9.15 Å². The fourth-order valence-corrected chi connectivity index (χ4v) is 1.17. The van der Waals surface area contributed by atoms with E-state index in [0.717, 1.165) is 0 Å². The van der Waals surface area contributed by atoms with Crippen molar-refractivity contribution >= 4 is 5.97 Å². The molecular formula is C12H18O4.